The van der Waals surface area contributed by atoms with Crippen molar-refractivity contribution in [1.29, 1.82) is 0 Å². The first-order valence-electron chi connectivity index (χ1n) is 9.60. The number of nitrogens with one attached hydrogen (secondary N) is 1. The summed E-state index contributed by atoms with van der Waals surface area (Å²) in [7, 11) is 0. The van der Waals surface area contributed by atoms with Crippen molar-refractivity contribution in [3.8, 4) is 0 Å². The highest BCUT2D eigenvalue weighted by atomic mass is 16.3. The summed E-state index contributed by atoms with van der Waals surface area (Å²) in [4.78, 5) is 11.8. The molecule has 1 aliphatic heterocycles. The van der Waals surface area contributed by atoms with E-state index < -0.39 is 0 Å². The Bertz CT molecular complexity index is 747. The smallest absolute Gasteiger partial charge is 0.225 e. The molecular weight excluding hydrogens is 324 g/mol. The van der Waals surface area contributed by atoms with Gasteiger partial charge in [-0.05, 0) is 36.8 Å². The molecule has 0 saturated carbocycles. The molecule has 0 saturated heterocycles. The van der Waals surface area contributed by atoms with Gasteiger partial charge in [-0.3, -0.25) is 0 Å². The third-order valence-corrected chi connectivity index (χ3v) is 5.24. The van der Waals surface area contributed by atoms with Crippen molar-refractivity contribution in [2.75, 3.05) is 16.8 Å². The van der Waals surface area contributed by atoms with E-state index in [1.165, 1.54) is 11.1 Å². The van der Waals surface area contributed by atoms with E-state index in [0.717, 1.165) is 30.9 Å². The summed E-state index contributed by atoms with van der Waals surface area (Å²) in [6.45, 7) is 9.47. The highest BCUT2D eigenvalue weighted by Crippen LogP contribution is 2.28. The second-order valence-corrected chi connectivity index (χ2v) is 7.52. The van der Waals surface area contributed by atoms with Crippen molar-refractivity contribution in [2.45, 2.75) is 59.2 Å². The standard InChI is InChI=1S/C21H30N4O/c1-5-18-11-20(24-21(22-18)23-19(13-26)14(2)3)25-12-17-9-7-6-8-16(17)10-15(25)4/h6-9,11,14-15,19,26H,5,10,12-13H2,1-4H3,(H,22,23,24)/t15-,19+/m1/s1. The van der Waals surface area contributed by atoms with Crippen LogP contribution in [0.2, 0.25) is 0 Å². The zero-order chi connectivity index (χ0) is 18.7. The van der Waals surface area contributed by atoms with Crippen LogP contribution in [0.5, 0.6) is 0 Å². The fourth-order valence-corrected chi connectivity index (χ4v) is 3.45. The van der Waals surface area contributed by atoms with Gasteiger partial charge in [-0.15, -0.1) is 0 Å². The zero-order valence-corrected chi connectivity index (χ0v) is 16.2. The second kappa shape index (κ2) is 8.04. The Morgan fingerprint density at radius 2 is 1.96 bits per heavy atom. The number of nitrogens with zero attached hydrogens (tertiary/aromatic N) is 3. The molecule has 0 aliphatic carbocycles. The van der Waals surface area contributed by atoms with Crippen LogP contribution in [-0.4, -0.2) is 33.8 Å². The molecule has 1 aliphatic rings. The van der Waals surface area contributed by atoms with Crippen molar-refractivity contribution in [2.24, 2.45) is 5.92 Å². The van der Waals surface area contributed by atoms with Crippen molar-refractivity contribution >= 4 is 11.8 Å². The van der Waals surface area contributed by atoms with E-state index >= 15 is 0 Å². The van der Waals surface area contributed by atoms with Crippen LogP contribution in [0.15, 0.2) is 30.3 Å². The van der Waals surface area contributed by atoms with E-state index in [1.807, 2.05) is 0 Å². The SMILES string of the molecule is CCc1cc(N2Cc3ccccc3C[C@H]2C)nc(N[C@@H](CO)C(C)C)n1. The second-order valence-electron chi connectivity index (χ2n) is 7.52. The van der Waals surface area contributed by atoms with E-state index in [1.54, 1.807) is 0 Å². The molecule has 140 valence electrons. The number of aryl methyl sites for hydroxylation is 1. The van der Waals surface area contributed by atoms with Gasteiger partial charge in [0.25, 0.3) is 0 Å². The van der Waals surface area contributed by atoms with Gasteiger partial charge in [0.1, 0.15) is 5.82 Å². The molecule has 0 radical (unpaired) electrons. The number of benzene rings is 1. The highest BCUT2D eigenvalue weighted by Gasteiger charge is 2.25. The molecule has 0 fully saturated rings. The van der Waals surface area contributed by atoms with Crippen molar-refractivity contribution in [1.82, 2.24) is 9.97 Å². The van der Waals surface area contributed by atoms with Crippen molar-refractivity contribution in [3.63, 3.8) is 0 Å². The van der Waals surface area contributed by atoms with Crippen LogP contribution in [0.3, 0.4) is 0 Å². The molecule has 1 aromatic carbocycles. The van der Waals surface area contributed by atoms with Crippen molar-refractivity contribution in [3.05, 3.63) is 47.2 Å². The van der Waals surface area contributed by atoms with Crippen LogP contribution in [0, 0.1) is 5.92 Å². The molecule has 5 nitrogen and oxygen atoms in total. The Morgan fingerprint density at radius 3 is 2.62 bits per heavy atom. The number of aliphatic hydroxyl groups excluding tert-OH is 1. The molecular formula is C21H30N4O. The summed E-state index contributed by atoms with van der Waals surface area (Å²) in [5, 5.41) is 12.9. The molecule has 2 aromatic rings. The van der Waals surface area contributed by atoms with Crippen LogP contribution in [0.25, 0.3) is 0 Å². The van der Waals surface area contributed by atoms with Gasteiger partial charge in [0.05, 0.1) is 12.6 Å². The minimum absolute atomic E-state index is 0.0468. The summed E-state index contributed by atoms with van der Waals surface area (Å²) in [5.74, 6) is 1.87. The monoisotopic (exact) mass is 354 g/mol. The Morgan fingerprint density at radius 1 is 1.23 bits per heavy atom. The Hall–Kier alpha value is -2.14. The molecule has 2 heterocycles. The third kappa shape index (κ3) is 3.98. The average Bonchev–Trinajstić information content (AvgIpc) is 2.64. The molecule has 0 bridgehead atoms. The molecule has 5 heteroatoms. The van der Waals surface area contributed by atoms with E-state index in [0.29, 0.717) is 17.9 Å². The maximum atomic E-state index is 9.63. The molecule has 2 atom stereocenters. The number of aromatic nitrogens is 2. The summed E-state index contributed by atoms with van der Waals surface area (Å²) in [6.07, 6.45) is 1.88. The minimum atomic E-state index is -0.0468. The summed E-state index contributed by atoms with van der Waals surface area (Å²) >= 11 is 0. The van der Waals surface area contributed by atoms with Crippen LogP contribution in [-0.2, 0) is 19.4 Å². The van der Waals surface area contributed by atoms with Crippen LogP contribution in [0.1, 0.15) is 44.5 Å². The molecule has 1 aromatic heterocycles. The van der Waals surface area contributed by atoms with Gasteiger partial charge in [-0.1, -0.05) is 45.0 Å². The van der Waals surface area contributed by atoms with Crippen molar-refractivity contribution < 1.29 is 5.11 Å². The van der Waals surface area contributed by atoms with Crippen LogP contribution < -0.4 is 10.2 Å². The van der Waals surface area contributed by atoms with E-state index in [9.17, 15) is 5.11 Å². The molecule has 0 amide bonds. The van der Waals surface area contributed by atoms with Gasteiger partial charge in [-0.2, -0.15) is 4.98 Å². The van der Waals surface area contributed by atoms with Gasteiger partial charge in [0.2, 0.25) is 5.95 Å². The first-order valence-corrected chi connectivity index (χ1v) is 9.60. The normalized spacial score (nSPS) is 17.9. The topological polar surface area (TPSA) is 61.3 Å². The fraction of sp³-hybridized carbons (Fsp3) is 0.524. The number of anilines is 2. The average molecular weight is 354 g/mol. The lowest BCUT2D eigenvalue weighted by Crippen LogP contribution is -2.39. The lowest BCUT2D eigenvalue weighted by atomic mass is 9.95. The Labute approximate surface area is 156 Å². The fourth-order valence-electron chi connectivity index (χ4n) is 3.45. The van der Waals surface area contributed by atoms with Gasteiger partial charge in [0, 0.05) is 24.3 Å². The summed E-state index contributed by atoms with van der Waals surface area (Å²) in [6, 6.07) is 11.1. The number of aliphatic hydroxyl groups is 1. The number of hydrogen-bond donors (Lipinski definition) is 2. The predicted octanol–water partition coefficient (Wildman–Crippen LogP) is 3.42. The quantitative estimate of drug-likeness (QED) is 0.832. The summed E-state index contributed by atoms with van der Waals surface area (Å²) in [5.41, 5.74) is 3.82. The lowest BCUT2D eigenvalue weighted by Gasteiger charge is -2.36. The minimum Gasteiger partial charge on any atom is -0.394 e. The van der Waals surface area contributed by atoms with Gasteiger partial charge in [0.15, 0.2) is 0 Å². The highest BCUT2D eigenvalue weighted by molar-refractivity contribution is 5.49. The maximum absolute atomic E-state index is 9.63. The van der Waals surface area contributed by atoms with Gasteiger partial charge >= 0.3 is 0 Å². The van der Waals surface area contributed by atoms with E-state index in [4.69, 9.17) is 4.98 Å². The number of fused-ring (bicyclic) bond motifs is 1. The molecule has 0 unspecified atom stereocenters. The first-order chi connectivity index (χ1) is 12.5. The van der Waals surface area contributed by atoms with E-state index in [2.05, 4.69) is 73.2 Å². The molecule has 2 N–H and O–H groups in total. The first kappa shape index (κ1) is 18.6. The molecule has 0 spiro atoms. The Balaban J connectivity index is 1.91. The third-order valence-electron chi connectivity index (χ3n) is 5.24. The largest absolute Gasteiger partial charge is 0.394 e. The zero-order valence-electron chi connectivity index (χ0n) is 16.2. The van der Waals surface area contributed by atoms with Crippen LogP contribution >= 0.6 is 0 Å². The number of hydrogen-bond acceptors (Lipinski definition) is 5. The lowest BCUT2D eigenvalue weighted by molar-refractivity contribution is 0.248. The van der Waals surface area contributed by atoms with Crippen LogP contribution in [0.4, 0.5) is 11.8 Å². The molecule has 26 heavy (non-hydrogen) atoms. The molecule has 3 rings (SSSR count). The Kier molecular flexibility index (Phi) is 5.77. The van der Waals surface area contributed by atoms with Gasteiger partial charge < -0.3 is 15.3 Å². The maximum Gasteiger partial charge on any atom is 0.225 e. The van der Waals surface area contributed by atoms with Gasteiger partial charge in [-0.25, -0.2) is 4.98 Å². The number of rotatable bonds is 6. The summed E-state index contributed by atoms with van der Waals surface area (Å²) < 4.78 is 0. The van der Waals surface area contributed by atoms with E-state index in [-0.39, 0.29) is 12.6 Å². The predicted molar refractivity (Wildman–Crippen MR) is 107 cm³/mol.